The van der Waals surface area contributed by atoms with E-state index in [9.17, 15) is 0 Å². The molecule has 0 atom stereocenters. The summed E-state index contributed by atoms with van der Waals surface area (Å²) in [6, 6.07) is 0. The van der Waals surface area contributed by atoms with Crippen molar-refractivity contribution in [2.24, 2.45) is 0 Å². The highest BCUT2D eigenvalue weighted by Gasteiger charge is 1.56. The van der Waals surface area contributed by atoms with E-state index in [-0.39, 0.29) is 0 Å². The predicted octanol–water partition coefficient (Wildman–Crippen LogP) is 1.81. The monoisotopic (exact) mass is 59.1 g/mol. The second-order valence-corrected chi connectivity index (χ2v) is 1.000. The van der Waals surface area contributed by atoms with Crippen molar-refractivity contribution >= 4 is 0 Å². The van der Waals surface area contributed by atoms with Crippen LogP contribution in [0.1, 0.15) is 26.7 Å². The van der Waals surface area contributed by atoms with Gasteiger partial charge in [0.25, 0.3) is 0 Å². The van der Waals surface area contributed by atoms with Crippen LogP contribution in [-0.2, 0) is 0 Å². The Hall–Kier alpha value is 0. The third kappa shape index (κ3) is 2.00. The summed E-state index contributed by atoms with van der Waals surface area (Å²) in [7, 11) is 0. The quantitative estimate of drug-likeness (QED) is 0.404. The maximum atomic E-state index is 2.18. The molecule has 0 bridgehead atoms. The van der Waals surface area contributed by atoms with E-state index in [0.717, 1.165) is 0 Å². The van der Waals surface area contributed by atoms with Crippen LogP contribution in [0.4, 0.5) is 0 Å². The summed E-state index contributed by atoms with van der Waals surface area (Å²) in [5.74, 6) is 0. The fraction of sp³-hybridized carbons (Fsp3) is 1.00. The number of rotatable bonds is 1. The molecule has 0 unspecified atom stereocenters. The Morgan fingerprint density at radius 1 is 1.00 bits per heavy atom. The highest BCUT2D eigenvalue weighted by molar-refractivity contribution is 4.12. The molecule has 0 amide bonds. The summed E-state index contributed by atoms with van der Waals surface area (Å²) in [6.45, 7) is 4.36. The zero-order valence-corrected chi connectivity index (χ0v) is 3.41. The highest BCUT2D eigenvalue weighted by atomic mass is 13.9. The van der Waals surface area contributed by atoms with Gasteiger partial charge in [0.2, 0.25) is 0 Å². The molecule has 0 fully saturated rings. The van der Waals surface area contributed by atoms with Crippen LogP contribution < -0.4 is 0 Å². The molecule has 0 heteroatoms. The average molecular weight is 59.1 g/mol. The molecule has 0 saturated carbocycles. The van der Waals surface area contributed by atoms with Crippen molar-refractivity contribution in [1.29, 1.82) is 0 Å². The summed E-state index contributed by atoms with van der Waals surface area (Å²) in [6.07, 6.45) is 2.64. The number of hydrogen-bond acceptors (Lipinski definition) is 0. The normalized spacial score (nSPS) is 7.50. The Bertz CT molecular complexity index is 2.00. The third-order valence-corrected chi connectivity index (χ3v) is 0.500. The van der Waals surface area contributed by atoms with Crippen LogP contribution in [0, 0.1) is 0 Å². The smallest absolute Gasteiger partial charge is 0.0564 e. The first-order chi connectivity index (χ1) is 1.91. The van der Waals surface area contributed by atoms with Crippen molar-refractivity contribution < 1.29 is 0 Å². The summed E-state index contributed by atoms with van der Waals surface area (Å²) >= 11 is 0. The Morgan fingerprint density at radius 2 is 1.25 bits per heavy atom. The zero-order valence-electron chi connectivity index (χ0n) is 3.41. The molecule has 0 saturated heterocycles. The Balaban J connectivity index is 1.97. The van der Waals surface area contributed by atoms with Gasteiger partial charge in [-0.1, -0.05) is 26.7 Å². The van der Waals surface area contributed by atoms with Crippen molar-refractivity contribution in [1.82, 2.24) is 0 Å². The SMILES string of the molecule is CCC[13CH3]. The van der Waals surface area contributed by atoms with Crippen LogP contribution in [0.2, 0.25) is 0 Å². The highest BCUT2D eigenvalue weighted by Crippen LogP contribution is 1.76. The Kier molecular flexibility index (Phi) is 3.00. The van der Waals surface area contributed by atoms with E-state index in [1.54, 1.807) is 0 Å². The molecule has 0 rings (SSSR count). The van der Waals surface area contributed by atoms with E-state index < -0.39 is 0 Å². The van der Waals surface area contributed by atoms with Gasteiger partial charge in [0.1, 0.15) is 0 Å². The minimum absolute atomic E-state index is 1.32. The predicted molar refractivity (Wildman–Crippen MR) is 20.6 cm³/mol. The van der Waals surface area contributed by atoms with E-state index in [2.05, 4.69) is 13.8 Å². The average Bonchev–Trinajstić information content (AvgIpc) is 1.37. The van der Waals surface area contributed by atoms with Crippen molar-refractivity contribution in [2.45, 2.75) is 26.7 Å². The molecule has 0 N–H and O–H groups in total. The fourth-order valence-electron chi connectivity index (χ4n) is 0. The van der Waals surface area contributed by atoms with Gasteiger partial charge in [0.05, 0.1) is 0 Å². The van der Waals surface area contributed by atoms with Gasteiger partial charge in [-0.25, -0.2) is 0 Å². The lowest BCUT2D eigenvalue weighted by Crippen LogP contribution is -1.47. The van der Waals surface area contributed by atoms with E-state index in [1.807, 2.05) is 0 Å². The summed E-state index contributed by atoms with van der Waals surface area (Å²) < 4.78 is 0. The fourth-order valence-corrected chi connectivity index (χ4v) is 0. The van der Waals surface area contributed by atoms with Crippen molar-refractivity contribution in [2.75, 3.05) is 0 Å². The van der Waals surface area contributed by atoms with Gasteiger partial charge in [0, 0.05) is 0 Å². The van der Waals surface area contributed by atoms with Gasteiger partial charge in [-0.2, -0.15) is 0 Å². The lowest BCUT2D eigenvalue weighted by Gasteiger charge is -1.68. The molecule has 0 spiro atoms. The molecular weight excluding hydrogens is 49.0 g/mol. The maximum absolute atomic E-state index is 2.18. The zero-order chi connectivity index (χ0) is 3.41. The first-order valence-electron chi connectivity index (χ1n) is 1.91. The molecule has 0 aliphatic carbocycles. The molecule has 26 valence electrons. The van der Waals surface area contributed by atoms with Gasteiger partial charge in [-0.3, -0.25) is 0 Å². The molecule has 0 nitrogen and oxygen atoms in total. The van der Waals surface area contributed by atoms with Gasteiger partial charge < -0.3 is 0 Å². The van der Waals surface area contributed by atoms with Crippen LogP contribution in [0.15, 0.2) is 0 Å². The van der Waals surface area contributed by atoms with Gasteiger partial charge >= 0.3 is 0 Å². The van der Waals surface area contributed by atoms with Crippen LogP contribution >= 0.6 is 0 Å². The third-order valence-electron chi connectivity index (χ3n) is 0.500. The van der Waals surface area contributed by atoms with E-state index in [0.29, 0.717) is 0 Å². The molecule has 0 aromatic carbocycles. The van der Waals surface area contributed by atoms with Crippen molar-refractivity contribution in [3.8, 4) is 0 Å². The molecule has 0 aromatic heterocycles. The minimum atomic E-state index is 1.32. The standard InChI is InChI=1S/C4H10/c1-3-4-2/h3-4H2,1-2H3/i1+1. The van der Waals surface area contributed by atoms with Crippen LogP contribution in [0.3, 0.4) is 0 Å². The molecule has 0 aliphatic heterocycles. The molecule has 0 heterocycles. The summed E-state index contributed by atoms with van der Waals surface area (Å²) in [5, 5.41) is 0. The number of unbranched alkanes of at least 4 members (excludes halogenated alkanes) is 1. The first-order valence-corrected chi connectivity index (χ1v) is 1.91. The second-order valence-electron chi connectivity index (χ2n) is 1.000. The van der Waals surface area contributed by atoms with Gasteiger partial charge in [0.15, 0.2) is 0 Å². The largest absolute Gasteiger partial charge is 0.0654 e. The Labute approximate surface area is 27.8 Å². The van der Waals surface area contributed by atoms with E-state index >= 15 is 0 Å². The molecule has 4 heavy (non-hydrogen) atoms. The first kappa shape index (κ1) is 4.00. The maximum Gasteiger partial charge on any atom is -0.0564 e. The van der Waals surface area contributed by atoms with E-state index in [1.165, 1.54) is 12.8 Å². The van der Waals surface area contributed by atoms with Crippen molar-refractivity contribution in [3.05, 3.63) is 0 Å². The van der Waals surface area contributed by atoms with Crippen LogP contribution in [0.25, 0.3) is 0 Å². The summed E-state index contributed by atoms with van der Waals surface area (Å²) in [5.41, 5.74) is 0. The van der Waals surface area contributed by atoms with Gasteiger partial charge in [-0.15, -0.1) is 0 Å². The van der Waals surface area contributed by atoms with Crippen LogP contribution in [0.5, 0.6) is 0 Å². The second kappa shape index (κ2) is 3.00. The summed E-state index contributed by atoms with van der Waals surface area (Å²) in [4.78, 5) is 0. The van der Waals surface area contributed by atoms with Crippen LogP contribution in [-0.4, -0.2) is 0 Å². The minimum Gasteiger partial charge on any atom is -0.0654 e. The Morgan fingerprint density at radius 3 is 1.25 bits per heavy atom. The lowest BCUT2D eigenvalue weighted by atomic mass is 10.5. The number of hydrogen-bond donors (Lipinski definition) is 0. The molecule has 0 aliphatic rings. The topological polar surface area (TPSA) is 0 Å². The lowest BCUT2D eigenvalue weighted by molar-refractivity contribution is 0.886. The molecular formula is C4H10. The molecule has 0 aromatic rings. The molecule has 0 radical (unpaired) electrons. The van der Waals surface area contributed by atoms with Gasteiger partial charge in [-0.05, 0) is 0 Å². The van der Waals surface area contributed by atoms with E-state index in [4.69, 9.17) is 0 Å². The van der Waals surface area contributed by atoms with Crippen molar-refractivity contribution in [3.63, 3.8) is 0 Å².